The molecule has 32 heavy (non-hydrogen) atoms. The highest BCUT2D eigenvalue weighted by Crippen LogP contribution is 2.35. The summed E-state index contributed by atoms with van der Waals surface area (Å²) < 4.78 is 24.5. The fourth-order valence-electron chi connectivity index (χ4n) is 4.46. The van der Waals surface area contributed by atoms with Crippen molar-refractivity contribution in [3.63, 3.8) is 0 Å². The number of rotatable bonds is 7. The molecule has 1 atom stereocenters. The molecule has 1 fully saturated rings. The molecule has 166 valence electrons. The largest absolute Gasteiger partial charge is 0.486 e. The molecule has 1 saturated carbocycles. The number of ether oxygens (including phenoxy) is 2. The van der Waals surface area contributed by atoms with E-state index in [2.05, 4.69) is 24.3 Å². The van der Waals surface area contributed by atoms with Crippen LogP contribution >= 0.6 is 0 Å². The summed E-state index contributed by atoms with van der Waals surface area (Å²) in [5.74, 6) is 0.803. The predicted molar refractivity (Wildman–Crippen MR) is 124 cm³/mol. The van der Waals surface area contributed by atoms with Crippen molar-refractivity contribution in [2.75, 3.05) is 7.11 Å². The quantitative estimate of drug-likeness (QED) is 0.366. The average molecular weight is 433 g/mol. The van der Waals surface area contributed by atoms with Gasteiger partial charge in [0.25, 0.3) is 0 Å². The van der Waals surface area contributed by atoms with Gasteiger partial charge in [0.1, 0.15) is 17.7 Å². The Morgan fingerprint density at radius 2 is 1.47 bits per heavy atom. The maximum Gasteiger partial charge on any atom is 0.337 e. The minimum Gasteiger partial charge on any atom is -0.486 e. The van der Waals surface area contributed by atoms with Crippen molar-refractivity contribution in [3.05, 3.63) is 89.7 Å². The first-order valence-corrected chi connectivity index (χ1v) is 11.3. The van der Waals surface area contributed by atoms with E-state index in [-0.39, 0.29) is 17.9 Å². The molecule has 0 bridgehead atoms. The third-order valence-electron chi connectivity index (χ3n) is 6.29. The van der Waals surface area contributed by atoms with Crippen LogP contribution in [0.3, 0.4) is 0 Å². The summed E-state index contributed by atoms with van der Waals surface area (Å²) in [6, 6.07) is 22.0. The highest BCUT2D eigenvalue weighted by atomic mass is 19.1. The zero-order valence-electron chi connectivity index (χ0n) is 18.4. The van der Waals surface area contributed by atoms with Gasteiger partial charge in [0, 0.05) is 0 Å². The Morgan fingerprint density at radius 3 is 2.06 bits per heavy atom. The van der Waals surface area contributed by atoms with Crippen molar-refractivity contribution in [1.29, 1.82) is 0 Å². The van der Waals surface area contributed by atoms with Gasteiger partial charge in [0.05, 0.1) is 12.7 Å². The topological polar surface area (TPSA) is 35.5 Å². The van der Waals surface area contributed by atoms with Crippen LogP contribution in [0.4, 0.5) is 4.39 Å². The Balaban J connectivity index is 1.54. The van der Waals surface area contributed by atoms with Gasteiger partial charge in [0.15, 0.2) is 0 Å². The lowest BCUT2D eigenvalue weighted by molar-refractivity contribution is 0.0600. The normalized spacial score (nSPS) is 15.2. The van der Waals surface area contributed by atoms with Crippen LogP contribution in [-0.4, -0.2) is 13.1 Å². The Morgan fingerprint density at radius 1 is 0.875 bits per heavy atom. The molecule has 0 heterocycles. The highest BCUT2D eigenvalue weighted by molar-refractivity contribution is 5.89. The van der Waals surface area contributed by atoms with Gasteiger partial charge in [-0.2, -0.15) is 0 Å². The number of halogens is 1. The number of hydrogen-bond acceptors (Lipinski definition) is 3. The molecule has 0 amide bonds. The maximum atomic E-state index is 13.2. The van der Waals surface area contributed by atoms with Gasteiger partial charge < -0.3 is 9.47 Å². The summed E-state index contributed by atoms with van der Waals surface area (Å²) in [5, 5.41) is 0. The molecule has 3 aromatic rings. The zero-order chi connectivity index (χ0) is 22.3. The van der Waals surface area contributed by atoms with Crippen molar-refractivity contribution >= 4 is 5.97 Å². The van der Waals surface area contributed by atoms with Crippen molar-refractivity contribution in [2.45, 2.75) is 44.6 Å². The van der Waals surface area contributed by atoms with Crippen LogP contribution in [0.25, 0.3) is 11.1 Å². The summed E-state index contributed by atoms with van der Waals surface area (Å²) in [6.45, 7) is 0. The highest BCUT2D eigenvalue weighted by Gasteiger charge is 2.22. The molecule has 4 rings (SSSR count). The second-order valence-corrected chi connectivity index (χ2v) is 8.49. The van der Waals surface area contributed by atoms with Crippen LogP contribution in [0, 0.1) is 11.7 Å². The predicted octanol–water partition coefficient (Wildman–Crippen LogP) is 7.37. The van der Waals surface area contributed by atoms with Gasteiger partial charge >= 0.3 is 5.97 Å². The first-order valence-electron chi connectivity index (χ1n) is 11.3. The number of esters is 1. The fraction of sp³-hybridized carbons (Fsp3) is 0.321. The van der Waals surface area contributed by atoms with E-state index < -0.39 is 0 Å². The van der Waals surface area contributed by atoms with E-state index in [1.165, 1.54) is 51.3 Å². The molecule has 0 N–H and O–H groups in total. The zero-order valence-corrected chi connectivity index (χ0v) is 18.4. The van der Waals surface area contributed by atoms with Crippen LogP contribution in [-0.2, 0) is 4.74 Å². The average Bonchev–Trinajstić information content (AvgIpc) is 2.85. The van der Waals surface area contributed by atoms with E-state index in [0.29, 0.717) is 11.5 Å². The van der Waals surface area contributed by atoms with E-state index in [9.17, 15) is 9.18 Å². The van der Waals surface area contributed by atoms with Crippen molar-refractivity contribution in [2.24, 2.45) is 5.92 Å². The second kappa shape index (κ2) is 10.4. The molecule has 3 aromatic carbocycles. The summed E-state index contributed by atoms with van der Waals surface area (Å²) in [7, 11) is 1.38. The number of benzene rings is 3. The van der Waals surface area contributed by atoms with Gasteiger partial charge in [0.2, 0.25) is 0 Å². The Labute approximate surface area is 189 Å². The van der Waals surface area contributed by atoms with Crippen LogP contribution in [0.15, 0.2) is 72.8 Å². The molecular formula is C28H29FO3. The molecule has 0 unspecified atom stereocenters. The first-order chi connectivity index (χ1) is 15.6. The third-order valence-corrected chi connectivity index (χ3v) is 6.29. The van der Waals surface area contributed by atoms with E-state index in [1.807, 2.05) is 12.1 Å². The number of hydrogen-bond donors (Lipinski definition) is 0. The van der Waals surface area contributed by atoms with Crippen molar-refractivity contribution in [3.8, 4) is 16.9 Å². The Bertz CT molecular complexity index is 1000. The molecule has 4 heteroatoms. The van der Waals surface area contributed by atoms with Crippen LogP contribution < -0.4 is 4.74 Å². The SMILES string of the molecule is COC(=O)c1ccc(O[C@@H](CC2CCCCC2)c2ccc(-c3ccc(F)cc3)cc2)cc1. The molecule has 0 saturated heterocycles. The summed E-state index contributed by atoms with van der Waals surface area (Å²) in [4.78, 5) is 11.7. The van der Waals surface area contributed by atoms with Gasteiger partial charge in [-0.15, -0.1) is 0 Å². The fourth-order valence-corrected chi connectivity index (χ4v) is 4.46. The van der Waals surface area contributed by atoms with E-state index >= 15 is 0 Å². The smallest absolute Gasteiger partial charge is 0.337 e. The number of methoxy groups -OCH3 is 1. The van der Waals surface area contributed by atoms with Crippen LogP contribution in [0.1, 0.15) is 60.6 Å². The first kappa shape index (κ1) is 22.1. The molecule has 0 aliphatic heterocycles. The lowest BCUT2D eigenvalue weighted by atomic mass is 9.84. The molecule has 1 aliphatic carbocycles. The molecule has 0 radical (unpaired) electrons. The van der Waals surface area contributed by atoms with E-state index in [1.54, 1.807) is 24.3 Å². The molecule has 3 nitrogen and oxygen atoms in total. The number of carbonyl (C=O) groups is 1. The molecular weight excluding hydrogens is 403 g/mol. The van der Waals surface area contributed by atoms with Crippen molar-refractivity contribution in [1.82, 2.24) is 0 Å². The lowest BCUT2D eigenvalue weighted by Gasteiger charge is -2.27. The Hall–Kier alpha value is -3.14. The monoisotopic (exact) mass is 432 g/mol. The molecule has 0 spiro atoms. The van der Waals surface area contributed by atoms with Crippen LogP contribution in [0.5, 0.6) is 5.75 Å². The van der Waals surface area contributed by atoms with Gasteiger partial charge in [-0.05, 0) is 65.4 Å². The van der Waals surface area contributed by atoms with Crippen LogP contribution in [0.2, 0.25) is 0 Å². The van der Waals surface area contributed by atoms with Crippen molar-refractivity contribution < 1.29 is 18.7 Å². The van der Waals surface area contributed by atoms with Gasteiger partial charge in [-0.3, -0.25) is 0 Å². The standard InChI is InChI=1S/C28H29FO3/c1-31-28(30)24-13-17-26(18-14-24)32-27(19-20-5-3-2-4-6-20)23-9-7-21(8-10-23)22-11-15-25(29)16-12-22/h7-18,20,27H,2-6,19H2,1H3/t27-/m0/s1. The maximum absolute atomic E-state index is 13.2. The molecule has 0 aromatic heterocycles. The minimum atomic E-state index is -0.355. The summed E-state index contributed by atoms with van der Waals surface area (Å²) in [6.07, 6.45) is 7.29. The molecule has 1 aliphatic rings. The minimum absolute atomic E-state index is 0.0654. The third kappa shape index (κ3) is 5.56. The Kier molecular flexibility index (Phi) is 7.21. The van der Waals surface area contributed by atoms with E-state index in [4.69, 9.17) is 9.47 Å². The lowest BCUT2D eigenvalue weighted by Crippen LogP contribution is -2.16. The van der Waals surface area contributed by atoms with Gasteiger partial charge in [-0.1, -0.05) is 68.5 Å². The number of carbonyl (C=O) groups excluding carboxylic acids is 1. The second-order valence-electron chi connectivity index (χ2n) is 8.49. The van der Waals surface area contributed by atoms with Gasteiger partial charge in [-0.25, -0.2) is 9.18 Å². The summed E-state index contributed by atoms with van der Waals surface area (Å²) >= 11 is 0. The van der Waals surface area contributed by atoms with E-state index in [0.717, 1.165) is 28.9 Å². The summed E-state index contributed by atoms with van der Waals surface area (Å²) in [5.41, 5.74) is 3.67.